The van der Waals surface area contributed by atoms with Crippen LogP contribution in [0.5, 0.6) is 5.75 Å². The molecule has 3 rings (SSSR count). The molecule has 0 amide bonds. The maximum atomic E-state index is 12.6. The highest BCUT2D eigenvalue weighted by Gasteiger charge is 2.15. The number of sulfonamides is 1. The molecule has 6 nitrogen and oxygen atoms in total. The van der Waals surface area contributed by atoms with Gasteiger partial charge in [-0.3, -0.25) is 4.72 Å². The van der Waals surface area contributed by atoms with E-state index in [1.807, 2.05) is 24.3 Å². The van der Waals surface area contributed by atoms with E-state index in [0.717, 1.165) is 11.4 Å². The lowest BCUT2D eigenvalue weighted by atomic mass is 10.3. The van der Waals surface area contributed by atoms with E-state index < -0.39 is 10.0 Å². The van der Waals surface area contributed by atoms with Gasteiger partial charge in [-0.15, -0.1) is 0 Å². The highest BCUT2D eigenvalue weighted by atomic mass is 35.5. The fraction of sp³-hybridized carbons (Fsp3) is 0.0500. The first-order chi connectivity index (χ1) is 14.3. The highest BCUT2D eigenvalue weighted by Crippen LogP contribution is 2.27. The Balaban J connectivity index is 1.64. The average molecular weight is 482 g/mol. The molecule has 0 aliphatic carbocycles. The van der Waals surface area contributed by atoms with Gasteiger partial charge in [0.15, 0.2) is 5.11 Å². The predicted molar refractivity (Wildman–Crippen MR) is 127 cm³/mol. The molecule has 0 atom stereocenters. The molecule has 0 radical (unpaired) electrons. The van der Waals surface area contributed by atoms with Crippen molar-refractivity contribution in [2.24, 2.45) is 0 Å². The van der Waals surface area contributed by atoms with Crippen LogP contribution in [0.4, 0.5) is 17.1 Å². The van der Waals surface area contributed by atoms with Gasteiger partial charge in [0, 0.05) is 11.4 Å². The molecule has 0 heterocycles. The van der Waals surface area contributed by atoms with Gasteiger partial charge in [0.25, 0.3) is 10.0 Å². The lowest BCUT2D eigenvalue weighted by Gasteiger charge is -2.12. The third-order valence-electron chi connectivity index (χ3n) is 3.94. The zero-order chi connectivity index (χ0) is 21.7. The minimum atomic E-state index is -3.78. The lowest BCUT2D eigenvalue weighted by Crippen LogP contribution is -2.19. The maximum Gasteiger partial charge on any atom is 0.261 e. The standard InChI is InChI=1S/C20H17Cl2N3O3S2/c1-28-16-7-2-13(3-8-16)23-20(29)24-14-4-9-17(10-5-14)30(26,27)25-15-6-11-18(21)19(22)12-15/h2-12,25H,1H3,(H2,23,24,29). The van der Waals surface area contributed by atoms with Crippen molar-refractivity contribution in [1.82, 2.24) is 0 Å². The molecule has 0 saturated heterocycles. The van der Waals surface area contributed by atoms with Crippen LogP contribution in [0.3, 0.4) is 0 Å². The molecule has 3 N–H and O–H groups in total. The summed E-state index contributed by atoms with van der Waals surface area (Å²) in [6, 6.07) is 18.0. The van der Waals surface area contributed by atoms with Gasteiger partial charge in [0.2, 0.25) is 0 Å². The minimum absolute atomic E-state index is 0.0909. The van der Waals surface area contributed by atoms with Gasteiger partial charge in [-0.25, -0.2) is 8.42 Å². The van der Waals surface area contributed by atoms with Crippen LogP contribution >= 0.6 is 35.4 Å². The first-order valence-corrected chi connectivity index (χ1v) is 11.2. The molecule has 3 aromatic rings. The molecule has 0 spiro atoms. The van der Waals surface area contributed by atoms with Crippen molar-refractivity contribution >= 4 is 67.6 Å². The third-order valence-corrected chi connectivity index (χ3v) is 6.28. The number of rotatable bonds is 6. The summed E-state index contributed by atoms with van der Waals surface area (Å²) in [5.74, 6) is 0.741. The van der Waals surface area contributed by atoms with Gasteiger partial charge in [-0.05, 0) is 78.9 Å². The Labute approximate surface area is 190 Å². The summed E-state index contributed by atoms with van der Waals surface area (Å²) in [5.41, 5.74) is 1.74. The first-order valence-electron chi connectivity index (χ1n) is 8.57. The van der Waals surface area contributed by atoms with Gasteiger partial charge in [-0.2, -0.15) is 0 Å². The molecule has 0 saturated carbocycles. The molecule has 0 fully saturated rings. The number of anilines is 3. The number of ether oxygens (including phenoxy) is 1. The summed E-state index contributed by atoms with van der Waals surface area (Å²) in [4.78, 5) is 0.0909. The van der Waals surface area contributed by atoms with Crippen molar-refractivity contribution in [1.29, 1.82) is 0 Å². The number of hydrogen-bond acceptors (Lipinski definition) is 4. The van der Waals surface area contributed by atoms with Crippen molar-refractivity contribution in [2.45, 2.75) is 4.90 Å². The van der Waals surface area contributed by atoms with E-state index in [4.69, 9.17) is 40.2 Å². The van der Waals surface area contributed by atoms with Crippen molar-refractivity contribution in [3.05, 3.63) is 76.8 Å². The molecule has 0 bridgehead atoms. The topological polar surface area (TPSA) is 79.5 Å². The highest BCUT2D eigenvalue weighted by molar-refractivity contribution is 7.92. The first kappa shape index (κ1) is 22.2. The van der Waals surface area contributed by atoms with E-state index >= 15 is 0 Å². The molecule has 10 heteroatoms. The average Bonchev–Trinajstić information content (AvgIpc) is 2.71. The van der Waals surface area contributed by atoms with E-state index in [-0.39, 0.29) is 9.92 Å². The molecule has 3 aromatic carbocycles. The number of benzene rings is 3. The Bertz CT molecular complexity index is 1150. The summed E-state index contributed by atoms with van der Waals surface area (Å²) >= 11 is 17.1. The summed E-state index contributed by atoms with van der Waals surface area (Å²) in [5, 5.41) is 7.01. The maximum absolute atomic E-state index is 12.6. The number of thiocarbonyl (C=S) groups is 1. The normalized spacial score (nSPS) is 10.9. The van der Waals surface area contributed by atoms with Crippen LogP contribution < -0.4 is 20.1 Å². The van der Waals surface area contributed by atoms with Crippen LogP contribution in [0.1, 0.15) is 0 Å². The van der Waals surface area contributed by atoms with Crippen LogP contribution in [0.15, 0.2) is 71.6 Å². The molecular formula is C20H17Cl2N3O3S2. The molecular weight excluding hydrogens is 465 g/mol. The van der Waals surface area contributed by atoms with Crippen LogP contribution in [-0.2, 0) is 10.0 Å². The van der Waals surface area contributed by atoms with Crippen LogP contribution in [0, 0.1) is 0 Å². The number of methoxy groups -OCH3 is 1. The zero-order valence-corrected chi connectivity index (χ0v) is 18.8. The van der Waals surface area contributed by atoms with Crippen molar-refractivity contribution < 1.29 is 13.2 Å². The molecule has 0 aliphatic rings. The van der Waals surface area contributed by atoms with E-state index in [0.29, 0.717) is 21.5 Å². The number of nitrogens with one attached hydrogen (secondary N) is 3. The van der Waals surface area contributed by atoms with E-state index in [1.54, 1.807) is 19.2 Å². The van der Waals surface area contributed by atoms with Gasteiger partial charge in [0.1, 0.15) is 5.75 Å². The fourth-order valence-electron chi connectivity index (χ4n) is 2.46. The van der Waals surface area contributed by atoms with Gasteiger partial charge < -0.3 is 15.4 Å². The summed E-state index contributed by atoms with van der Waals surface area (Å²) in [6.07, 6.45) is 0. The fourth-order valence-corrected chi connectivity index (χ4v) is 4.04. The third kappa shape index (κ3) is 5.76. The minimum Gasteiger partial charge on any atom is -0.497 e. The Hall–Kier alpha value is -2.52. The van der Waals surface area contributed by atoms with Crippen LogP contribution in [-0.4, -0.2) is 20.6 Å². The Morgan fingerprint density at radius 3 is 1.90 bits per heavy atom. The molecule has 0 aliphatic heterocycles. The van der Waals surface area contributed by atoms with Crippen molar-refractivity contribution in [3.63, 3.8) is 0 Å². The van der Waals surface area contributed by atoms with E-state index in [2.05, 4.69) is 15.4 Å². The van der Waals surface area contributed by atoms with Gasteiger partial charge >= 0.3 is 0 Å². The second-order valence-corrected chi connectivity index (χ2v) is 8.97. The Morgan fingerprint density at radius 2 is 1.37 bits per heavy atom. The summed E-state index contributed by atoms with van der Waals surface area (Å²) < 4.78 is 32.7. The van der Waals surface area contributed by atoms with E-state index in [9.17, 15) is 8.42 Å². The predicted octanol–water partition coefficient (Wildman–Crippen LogP) is 5.61. The summed E-state index contributed by atoms with van der Waals surface area (Å²) in [6.45, 7) is 0. The van der Waals surface area contributed by atoms with Crippen molar-refractivity contribution in [3.8, 4) is 5.75 Å². The van der Waals surface area contributed by atoms with E-state index in [1.165, 1.54) is 30.3 Å². The Morgan fingerprint density at radius 1 is 0.833 bits per heavy atom. The van der Waals surface area contributed by atoms with Crippen LogP contribution in [0.2, 0.25) is 10.0 Å². The quantitative estimate of drug-likeness (QED) is 0.397. The molecule has 30 heavy (non-hydrogen) atoms. The van der Waals surface area contributed by atoms with Gasteiger partial charge in [0.05, 0.1) is 27.7 Å². The molecule has 0 unspecified atom stereocenters. The lowest BCUT2D eigenvalue weighted by molar-refractivity contribution is 0.415. The van der Waals surface area contributed by atoms with Crippen LogP contribution in [0.25, 0.3) is 0 Å². The second kappa shape index (κ2) is 9.53. The molecule has 0 aromatic heterocycles. The second-order valence-electron chi connectivity index (χ2n) is 6.07. The Kier molecular flexibility index (Phi) is 7.04. The monoisotopic (exact) mass is 481 g/mol. The smallest absolute Gasteiger partial charge is 0.261 e. The molecule has 156 valence electrons. The summed E-state index contributed by atoms with van der Waals surface area (Å²) in [7, 11) is -2.19. The zero-order valence-electron chi connectivity index (χ0n) is 15.6. The number of halogens is 2. The number of hydrogen-bond donors (Lipinski definition) is 3. The largest absolute Gasteiger partial charge is 0.497 e. The van der Waals surface area contributed by atoms with Crippen molar-refractivity contribution in [2.75, 3.05) is 22.5 Å². The van der Waals surface area contributed by atoms with Gasteiger partial charge in [-0.1, -0.05) is 23.2 Å². The SMILES string of the molecule is COc1ccc(NC(=S)Nc2ccc(S(=O)(=O)Nc3ccc(Cl)c(Cl)c3)cc2)cc1.